The summed E-state index contributed by atoms with van der Waals surface area (Å²) in [6.07, 6.45) is 2.12. The molecule has 9 heteroatoms. The Bertz CT molecular complexity index is 1330. The van der Waals surface area contributed by atoms with Gasteiger partial charge in [0.2, 0.25) is 21.8 Å². The highest BCUT2D eigenvalue weighted by molar-refractivity contribution is 9.10. The first kappa shape index (κ1) is 29.4. The third kappa shape index (κ3) is 8.16. The lowest BCUT2D eigenvalue weighted by Crippen LogP contribution is -2.53. The van der Waals surface area contributed by atoms with Crippen LogP contribution in [-0.4, -0.2) is 50.5 Å². The van der Waals surface area contributed by atoms with E-state index in [1.807, 2.05) is 68.4 Å². The molecule has 3 aromatic rings. The van der Waals surface area contributed by atoms with Gasteiger partial charge in [-0.25, -0.2) is 8.42 Å². The molecule has 0 saturated heterocycles. The number of amides is 2. The first-order valence-electron chi connectivity index (χ1n) is 12.5. The highest BCUT2D eigenvalue weighted by Crippen LogP contribution is 2.23. The van der Waals surface area contributed by atoms with Crippen LogP contribution in [0.3, 0.4) is 0 Å². The van der Waals surface area contributed by atoms with Crippen molar-refractivity contribution in [1.29, 1.82) is 0 Å². The molecule has 0 bridgehead atoms. The topological polar surface area (TPSA) is 86.8 Å². The molecule has 0 aromatic heterocycles. The summed E-state index contributed by atoms with van der Waals surface area (Å²) >= 11 is 3.36. The highest BCUT2D eigenvalue weighted by atomic mass is 79.9. The van der Waals surface area contributed by atoms with Gasteiger partial charge in [-0.2, -0.15) is 0 Å². The number of hydrogen-bond acceptors (Lipinski definition) is 4. The highest BCUT2D eigenvalue weighted by Gasteiger charge is 2.33. The molecule has 0 heterocycles. The van der Waals surface area contributed by atoms with Crippen LogP contribution < -0.4 is 9.62 Å². The summed E-state index contributed by atoms with van der Waals surface area (Å²) in [7, 11) is -3.79. The molecular weight excluding hydrogens is 566 g/mol. The summed E-state index contributed by atoms with van der Waals surface area (Å²) in [5, 5.41) is 2.94. The minimum atomic E-state index is -3.79. The molecule has 0 radical (unpaired) electrons. The van der Waals surface area contributed by atoms with Crippen LogP contribution in [0.2, 0.25) is 0 Å². The van der Waals surface area contributed by atoms with E-state index in [-0.39, 0.29) is 12.5 Å². The van der Waals surface area contributed by atoms with Crippen LogP contribution in [0.15, 0.2) is 83.3 Å². The van der Waals surface area contributed by atoms with Crippen LogP contribution in [0.1, 0.15) is 30.0 Å². The van der Waals surface area contributed by atoms with Crippen molar-refractivity contribution in [2.45, 2.75) is 39.3 Å². The molecular formula is C29H34BrN3O4S. The van der Waals surface area contributed by atoms with Crippen LogP contribution in [0.5, 0.6) is 0 Å². The number of aryl methyl sites for hydroxylation is 1. The molecule has 0 aliphatic carbocycles. The number of hydrogen-bond donors (Lipinski definition) is 1. The Labute approximate surface area is 234 Å². The van der Waals surface area contributed by atoms with E-state index in [9.17, 15) is 18.0 Å². The molecule has 0 aliphatic rings. The number of anilines is 1. The van der Waals surface area contributed by atoms with Crippen molar-refractivity contribution in [2.75, 3.05) is 23.7 Å². The lowest BCUT2D eigenvalue weighted by atomic mass is 10.0. The predicted molar refractivity (Wildman–Crippen MR) is 155 cm³/mol. The smallest absolute Gasteiger partial charge is 0.244 e. The largest absolute Gasteiger partial charge is 0.354 e. The molecule has 3 rings (SSSR count). The second-order valence-corrected chi connectivity index (χ2v) is 12.0. The van der Waals surface area contributed by atoms with Gasteiger partial charge in [-0.15, -0.1) is 0 Å². The lowest BCUT2D eigenvalue weighted by molar-refractivity contribution is -0.140. The third-order valence-corrected chi connectivity index (χ3v) is 7.89. The minimum absolute atomic E-state index is 0.167. The first-order valence-corrected chi connectivity index (χ1v) is 15.1. The Balaban J connectivity index is 2.04. The minimum Gasteiger partial charge on any atom is -0.354 e. The number of nitrogens with zero attached hydrogens (tertiary/aromatic N) is 2. The monoisotopic (exact) mass is 599 g/mol. The Morgan fingerprint density at radius 2 is 1.58 bits per heavy atom. The van der Waals surface area contributed by atoms with Crippen LogP contribution in [0.25, 0.3) is 0 Å². The normalized spacial score (nSPS) is 12.0. The van der Waals surface area contributed by atoms with E-state index >= 15 is 0 Å². The fourth-order valence-corrected chi connectivity index (χ4v) is 5.23. The molecule has 0 aliphatic heterocycles. The average molecular weight is 601 g/mol. The third-order valence-electron chi connectivity index (χ3n) is 6.22. The molecule has 2 amide bonds. The number of nitrogens with one attached hydrogen (secondary N) is 1. The summed E-state index contributed by atoms with van der Waals surface area (Å²) in [5.74, 6) is -0.735. The van der Waals surface area contributed by atoms with Crippen molar-refractivity contribution >= 4 is 43.5 Å². The number of halogens is 1. The van der Waals surface area contributed by atoms with Gasteiger partial charge in [0.05, 0.1) is 11.9 Å². The fraction of sp³-hybridized carbons (Fsp3) is 0.310. The van der Waals surface area contributed by atoms with Gasteiger partial charge in [-0.3, -0.25) is 13.9 Å². The molecule has 1 N–H and O–H groups in total. The van der Waals surface area contributed by atoms with E-state index in [0.29, 0.717) is 18.7 Å². The molecule has 0 fully saturated rings. The Kier molecular flexibility index (Phi) is 10.5. The molecule has 3 aromatic carbocycles. The van der Waals surface area contributed by atoms with Crippen molar-refractivity contribution in [3.05, 3.63) is 100 Å². The van der Waals surface area contributed by atoms with Crippen LogP contribution in [0, 0.1) is 6.92 Å². The lowest BCUT2D eigenvalue weighted by Gasteiger charge is -2.34. The van der Waals surface area contributed by atoms with Gasteiger partial charge in [0.25, 0.3) is 0 Å². The van der Waals surface area contributed by atoms with Crippen molar-refractivity contribution in [1.82, 2.24) is 10.2 Å². The Morgan fingerprint density at radius 1 is 0.947 bits per heavy atom. The summed E-state index contributed by atoms with van der Waals surface area (Å²) in [6.45, 7) is 4.13. The molecule has 7 nitrogen and oxygen atoms in total. The molecule has 1 atom stereocenters. The molecule has 1 unspecified atom stereocenters. The van der Waals surface area contributed by atoms with Crippen LogP contribution in [0.4, 0.5) is 5.69 Å². The van der Waals surface area contributed by atoms with Crippen LogP contribution in [-0.2, 0) is 32.6 Å². The number of benzene rings is 3. The number of sulfonamides is 1. The Morgan fingerprint density at radius 3 is 2.18 bits per heavy atom. The van der Waals surface area contributed by atoms with Gasteiger partial charge in [0, 0.05) is 24.0 Å². The van der Waals surface area contributed by atoms with E-state index in [0.717, 1.165) is 38.1 Å². The summed E-state index contributed by atoms with van der Waals surface area (Å²) < 4.78 is 27.4. The molecule has 202 valence electrons. The number of carbonyl (C=O) groups excluding carboxylic acids is 2. The van der Waals surface area contributed by atoms with E-state index in [2.05, 4.69) is 21.2 Å². The summed E-state index contributed by atoms with van der Waals surface area (Å²) in [6, 6.07) is 23.1. The van der Waals surface area contributed by atoms with Gasteiger partial charge in [0.15, 0.2) is 0 Å². The SMILES string of the molecule is CCCNC(=O)C(Cc1ccccc1)N(Cc1ccccc1C)C(=O)CN(c1ccc(Br)cc1)S(C)(=O)=O. The first-order chi connectivity index (χ1) is 18.1. The Hall–Kier alpha value is -3.17. The van der Waals surface area contributed by atoms with Crippen molar-refractivity contribution < 1.29 is 18.0 Å². The predicted octanol–water partition coefficient (Wildman–Crippen LogP) is 4.69. The number of rotatable bonds is 12. The van der Waals surface area contributed by atoms with Gasteiger partial charge in [-0.05, 0) is 54.3 Å². The second kappa shape index (κ2) is 13.6. The van der Waals surface area contributed by atoms with E-state index in [1.54, 1.807) is 24.3 Å². The quantitative estimate of drug-likeness (QED) is 0.327. The zero-order chi connectivity index (χ0) is 27.7. The van der Waals surface area contributed by atoms with Gasteiger partial charge < -0.3 is 10.2 Å². The zero-order valence-corrected chi connectivity index (χ0v) is 24.3. The maximum atomic E-state index is 14.0. The fourth-order valence-electron chi connectivity index (χ4n) is 4.11. The second-order valence-electron chi connectivity index (χ2n) is 9.19. The van der Waals surface area contributed by atoms with E-state index in [1.165, 1.54) is 4.90 Å². The van der Waals surface area contributed by atoms with Crippen LogP contribution >= 0.6 is 15.9 Å². The standard InChI is InChI=1S/C29H34BrN3O4S/c1-4-18-31-29(35)27(19-23-11-6-5-7-12-23)32(20-24-13-9-8-10-22(24)2)28(34)21-33(38(3,36)37)26-16-14-25(30)15-17-26/h5-17,27H,4,18-21H2,1-3H3,(H,31,35). The molecule has 38 heavy (non-hydrogen) atoms. The van der Waals surface area contributed by atoms with Crippen molar-refractivity contribution in [2.24, 2.45) is 0 Å². The number of carbonyl (C=O) groups is 2. The van der Waals surface area contributed by atoms with Crippen molar-refractivity contribution in [3.63, 3.8) is 0 Å². The summed E-state index contributed by atoms with van der Waals surface area (Å²) in [4.78, 5) is 29.0. The van der Waals surface area contributed by atoms with Gasteiger partial charge in [-0.1, -0.05) is 77.5 Å². The maximum Gasteiger partial charge on any atom is 0.244 e. The zero-order valence-electron chi connectivity index (χ0n) is 21.9. The van der Waals surface area contributed by atoms with Crippen molar-refractivity contribution in [3.8, 4) is 0 Å². The molecule has 0 saturated carbocycles. The van der Waals surface area contributed by atoms with E-state index < -0.39 is 28.5 Å². The maximum absolute atomic E-state index is 14.0. The average Bonchev–Trinajstić information content (AvgIpc) is 2.89. The molecule has 0 spiro atoms. The summed E-state index contributed by atoms with van der Waals surface area (Å²) in [5.41, 5.74) is 3.14. The van der Waals surface area contributed by atoms with Gasteiger partial charge in [0.1, 0.15) is 12.6 Å². The van der Waals surface area contributed by atoms with E-state index in [4.69, 9.17) is 0 Å². The van der Waals surface area contributed by atoms with Gasteiger partial charge >= 0.3 is 0 Å².